The van der Waals surface area contributed by atoms with Crippen LogP contribution in [0.2, 0.25) is 0 Å². The average Bonchev–Trinajstić information content (AvgIpc) is 2.16. The lowest BCUT2D eigenvalue weighted by molar-refractivity contribution is 0.324. The van der Waals surface area contributed by atoms with E-state index in [9.17, 15) is 0 Å². The van der Waals surface area contributed by atoms with Crippen LogP contribution in [0.1, 0.15) is 0 Å². The van der Waals surface area contributed by atoms with Gasteiger partial charge in [0.25, 0.3) is 0 Å². The molecule has 4 heteroatoms. The summed E-state index contributed by atoms with van der Waals surface area (Å²) < 4.78 is 15.1. The van der Waals surface area contributed by atoms with Crippen LogP contribution in [-0.2, 0) is 0 Å². The van der Waals surface area contributed by atoms with Gasteiger partial charge in [-0.1, -0.05) is 0 Å². The van der Waals surface area contributed by atoms with Gasteiger partial charge in [0.15, 0.2) is 11.5 Å². The minimum atomic E-state index is 0.328. The van der Waals surface area contributed by atoms with Crippen molar-refractivity contribution >= 4 is 5.69 Å². The number of hydrogen-bond acceptors (Lipinski definition) is 3. The second-order valence-electron chi connectivity index (χ2n) is 2.41. The largest absolute Gasteiger partial charge is 0.493 e. The first-order valence-corrected chi connectivity index (χ1v) is 3.74. The highest BCUT2D eigenvalue weighted by molar-refractivity contribution is 5.59. The molecule has 1 N–H and O–H groups in total. The van der Waals surface area contributed by atoms with Crippen molar-refractivity contribution in [2.45, 2.75) is 0 Å². The molecule has 0 heterocycles. The van der Waals surface area contributed by atoms with E-state index in [1.54, 1.807) is 12.1 Å². The molecule has 1 aromatic rings. The molecule has 1 rings (SSSR count). The van der Waals surface area contributed by atoms with Gasteiger partial charge in [0.05, 0.1) is 27.0 Å². The first-order chi connectivity index (χ1) is 6.22. The van der Waals surface area contributed by atoms with Crippen LogP contribution < -0.4 is 19.9 Å². The third-order valence-corrected chi connectivity index (χ3v) is 1.66. The monoisotopic (exact) mass is 182 g/mol. The molecule has 0 amide bonds. The molecular formula is C9H12NO3. The van der Waals surface area contributed by atoms with Gasteiger partial charge < -0.3 is 19.9 Å². The van der Waals surface area contributed by atoms with Crippen molar-refractivity contribution in [3.8, 4) is 17.2 Å². The first-order valence-electron chi connectivity index (χ1n) is 3.74. The third-order valence-electron chi connectivity index (χ3n) is 1.66. The minimum absolute atomic E-state index is 0.328. The van der Waals surface area contributed by atoms with Crippen molar-refractivity contribution < 1.29 is 14.2 Å². The Morgan fingerprint density at radius 2 is 1.38 bits per heavy atom. The molecule has 0 aliphatic carbocycles. The lowest BCUT2D eigenvalue weighted by atomic mass is 10.2. The quantitative estimate of drug-likeness (QED) is 0.713. The van der Waals surface area contributed by atoms with Gasteiger partial charge in [-0.05, 0) is 0 Å². The predicted molar refractivity (Wildman–Crippen MR) is 48.9 cm³/mol. The first kappa shape index (κ1) is 9.51. The number of ether oxygens (including phenoxy) is 3. The minimum Gasteiger partial charge on any atom is -0.493 e. The topological polar surface area (TPSA) is 51.5 Å². The number of hydrogen-bond donors (Lipinski definition) is 0. The van der Waals surface area contributed by atoms with Crippen LogP contribution in [0.15, 0.2) is 12.1 Å². The molecule has 0 saturated carbocycles. The van der Waals surface area contributed by atoms with Gasteiger partial charge in [0.2, 0.25) is 5.75 Å². The second kappa shape index (κ2) is 3.89. The van der Waals surface area contributed by atoms with E-state index in [2.05, 4.69) is 0 Å². The summed E-state index contributed by atoms with van der Waals surface area (Å²) in [7, 11) is 4.58. The van der Waals surface area contributed by atoms with E-state index in [0.29, 0.717) is 22.9 Å². The zero-order chi connectivity index (χ0) is 9.84. The van der Waals surface area contributed by atoms with Crippen LogP contribution in [0.5, 0.6) is 17.2 Å². The molecule has 0 aromatic heterocycles. The summed E-state index contributed by atoms with van der Waals surface area (Å²) >= 11 is 0. The average molecular weight is 182 g/mol. The van der Waals surface area contributed by atoms with Gasteiger partial charge >= 0.3 is 0 Å². The molecule has 0 aliphatic rings. The predicted octanol–water partition coefficient (Wildman–Crippen LogP) is 1.63. The molecule has 71 valence electrons. The SMILES string of the molecule is COc1cc([NH])cc(OC)c1OC. The highest BCUT2D eigenvalue weighted by Crippen LogP contribution is 2.39. The second-order valence-corrected chi connectivity index (χ2v) is 2.41. The van der Waals surface area contributed by atoms with Crippen molar-refractivity contribution in [1.29, 1.82) is 0 Å². The summed E-state index contributed by atoms with van der Waals surface area (Å²) in [5, 5.41) is 0. The molecule has 0 aliphatic heterocycles. The van der Waals surface area contributed by atoms with Gasteiger partial charge in [0.1, 0.15) is 0 Å². The van der Waals surface area contributed by atoms with Crippen LogP contribution in [-0.4, -0.2) is 21.3 Å². The van der Waals surface area contributed by atoms with Gasteiger partial charge in [-0.2, -0.15) is 0 Å². The van der Waals surface area contributed by atoms with Crippen molar-refractivity contribution in [2.24, 2.45) is 0 Å². The molecule has 4 nitrogen and oxygen atoms in total. The van der Waals surface area contributed by atoms with Crippen molar-refractivity contribution in [3.63, 3.8) is 0 Å². The fourth-order valence-electron chi connectivity index (χ4n) is 1.08. The Labute approximate surface area is 77.2 Å². The lowest BCUT2D eigenvalue weighted by Gasteiger charge is -2.11. The number of benzene rings is 1. The smallest absolute Gasteiger partial charge is 0.203 e. The van der Waals surface area contributed by atoms with Gasteiger partial charge in [-0.15, -0.1) is 0 Å². The van der Waals surface area contributed by atoms with Crippen LogP contribution in [0.25, 0.3) is 0 Å². The summed E-state index contributed by atoms with van der Waals surface area (Å²) in [5.41, 5.74) is 7.77. The number of methoxy groups -OCH3 is 3. The summed E-state index contributed by atoms with van der Waals surface area (Å²) in [4.78, 5) is 0. The van der Waals surface area contributed by atoms with E-state index < -0.39 is 0 Å². The summed E-state index contributed by atoms with van der Waals surface area (Å²) in [6.07, 6.45) is 0. The number of nitrogens with one attached hydrogen (secondary N) is 1. The van der Waals surface area contributed by atoms with Crippen LogP contribution in [0.3, 0.4) is 0 Å². The Morgan fingerprint density at radius 1 is 0.923 bits per heavy atom. The Kier molecular flexibility index (Phi) is 2.84. The summed E-state index contributed by atoms with van der Waals surface area (Å²) in [6, 6.07) is 3.14. The maximum absolute atomic E-state index is 7.44. The molecule has 1 aromatic carbocycles. The summed E-state index contributed by atoms with van der Waals surface area (Å²) in [5.74, 6) is 1.53. The fraction of sp³-hybridized carbons (Fsp3) is 0.333. The van der Waals surface area contributed by atoms with Crippen LogP contribution in [0, 0.1) is 0 Å². The number of rotatable bonds is 3. The zero-order valence-corrected chi connectivity index (χ0v) is 7.88. The maximum Gasteiger partial charge on any atom is 0.203 e. The van der Waals surface area contributed by atoms with E-state index in [1.165, 1.54) is 21.3 Å². The molecule has 0 fully saturated rings. The third kappa shape index (κ3) is 1.77. The molecule has 13 heavy (non-hydrogen) atoms. The van der Waals surface area contributed by atoms with E-state index in [1.807, 2.05) is 0 Å². The van der Waals surface area contributed by atoms with Crippen LogP contribution in [0.4, 0.5) is 5.69 Å². The summed E-state index contributed by atoms with van der Waals surface area (Å²) in [6.45, 7) is 0. The van der Waals surface area contributed by atoms with E-state index >= 15 is 0 Å². The molecule has 0 unspecified atom stereocenters. The van der Waals surface area contributed by atoms with Gasteiger partial charge in [-0.25, -0.2) is 0 Å². The Hall–Kier alpha value is -1.58. The standard InChI is InChI=1S/C9H12NO3/c1-11-7-4-6(10)5-8(12-2)9(7)13-3/h4-5,10H,1-3H3. The van der Waals surface area contributed by atoms with Crippen molar-refractivity contribution in [2.75, 3.05) is 21.3 Å². The highest BCUT2D eigenvalue weighted by atomic mass is 16.5. The Morgan fingerprint density at radius 3 is 1.69 bits per heavy atom. The normalized spacial score (nSPS) is 9.46. The molecule has 0 spiro atoms. The van der Waals surface area contributed by atoms with Gasteiger partial charge in [0, 0.05) is 12.1 Å². The zero-order valence-electron chi connectivity index (χ0n) is 7.88. The lowest BCUT2D eigenvalue weighted by Crippen LogP contribution is -1.94. The molecule has 0 saturated heterocycles. The Bertz CT molecular complexity index is 274. The van der Waals surface area contributed by atoms with Crippen LogP contribution >= 0.6 is 0 Å². The molecular weight excluding hydrogens is 170 g/mol. The molecule has 1 radical (unpaired) electrons. The maximum atomic E-state index is 7.44. The van der Waals surface area contributed by atoms with E-state index in [4.69, 9.17) is 19.9 Å². The molecule has 0 bridgehead atoms. The van der Waals surface area contributed by atoms with Gasteiger partial charge in [-0.3, -0.25) is 0 Å². The Balaban J connectivity index is 3.25. The highest BCUT2D eigenvalue weighted by Gasteiger charge is 2.11. The van der Waals surface area contributed by atoms with E-state index in [-0.39, 0.29) is 0 Å². The molecule has 0 atom stereocenters. The van der Waals surface area contributed by atoms with Crippen molar-refractivity contribution in [1.82, 2.24) is 5.73 Å². The van der Waals surface area contributed by atoms with Crippen molar-refractivity contribution in [3.05, 3.63) is 12.1 Å². The van der Waals surface area contributed by atoms with E-state index in [0.717, 1.165) is 0 Å². The fourth-order valence-corrected chi connectivity index (χ4v) is 1.08.